The van der Waals surface area contributed by atoms with Gasteiger partial charge in [0.1, 0.15) is 0 Å². The number of aliphatic hydroxyl groups is 1. The van der Waals surface area contributed by atoms with Crippen molar-refractivity contribution in [1.29, 1.82) is 0 Å². The maximum absolute atomic E-state index is 9.44. The lowest BCUT2D eigenvalue weighted by molar-refractivity contribution is 0.0526. The molecule has 0 amide bonds. The van der Waals surface area contributed by atoms with Crippen molar-refractivity contribution >= 4 is 5.69 Å². The van der Waals surface area contributed by atoms with Crippen molar-refractivity contribution in [3.05, 3.63) is 29.8 Å². The summed E-state index contributed by atoms with van der Waals surface area (Å²) in [5, 5.41) is 9.44. The maximum atomic E-state index is 9.44. The topological polar surface area (TPSA) is 52.7 Å². The van der Waals surface area contributed by atoms with Crippen molar-refractivity contribution in [1.82, 2.24) is 4.90 Å². The van der Waals surface area contributed by atoms with Crippen LogP contribution in [-0.4, -0.2) is 48.3 Å². The van der Waals surface area contributed by atoms with Crippen molar-refractivity contribution in [3.8, 4) is 0 Å². The quantitative estimate of drug-likeness (QED) is 0.852. The summed E-state index contributed by atoms with van der Waals surface area (Å²) in [6.45, 7) is 8.90. The molecule has 0 aliphatic carbocycles. The van der Waals surface area contributed by atoms with Crippen molar-refractivity contribution in [2.24, 2.45) is 5.73 Å². The minimum Gasteiger partial charge on any atom is -0.394 e. The molecule has 1 fully saturated rings. The first kappa shape index (κ1) is 14.3. The lowest BCUT2D eigenvalue weighted by atomic mass is 10.0. The number of hydrogen-bond donors (Lipinski definition) is 2. The first-order chi connectivity index (χ1) is 9.08. The van der Waals surface area contributed by atoms with Crippen LogP contribution in [0, 0.1) is 0 Å². The van der Waals surface area contributed by atoms with E-state index >= 15 is 0 Å². The predicted molar refractivity (Wildman–Crippen MR) is 79.3 cm³/mol. The van der Waals surface area contributed by atoms with Crippen molar-refractivity contribution in [3.63, 3.8) is 0 Å². The van der Waals surface area contributed by atoms with Crippen LogP contribution in [0.1, 0.15) is 19.4 Å². The Bertz CT molecular complexity index is 412. The molecule has 1 aliphatic rings. The molecule has 1 aliphatic heterocycles. The fraction of sp³-hybridized carbons (Fsp3) is 0.600. The molecule has 4 nitrogen and oxygen atoms in total. The van der Waals surface area contributed by atoms with Crippen LogP contribution < -0.4 is 10.6 Å². The van der Waals surface area contributed by atoms with Gasteiger partial charge in [0.2, 0.25) is 0 Å². The van der Waals surface area contributed by atoms with E-state index in [1.807, 2.05) is 6.07 Å². The van der Waals surface area contributed by atoms with Gasteiger partial charge in [-0.1, -0.05) is 18.2 Å². The molecule has 106 valence electrons. The Kier molecular flexibility index (Phi) is 4.45. The number of rotatable bonds is 4. The Morgan fingerprint density at radius 1 is 1.16 bits per heavy atom. The smallest absolute Gasteiger partial charge is 0.0610 e. The van der Waals surface area contributed by atoms with Crippen LogP contribution >= 0.6 is 0 Å². The fourth-order valence-corrected chi connectivity index (χ4v) is 2.64. The lowest BCUT2D eigenvalue weighted by Gasteiger charge is -2.44. The van der Waals surface area contributed by atoms with Gasteiger partial charge in [-0.2, -0.15) is 0 Å². The molecule has 19 heavy (non-hydrogen) atoms. The normalized spacial score (nSPS) is 17.8. The Balaban J connectivity index is 2.04. The van der Waals surface area contributed by atoms with Gasteiger partial charge in [-0.05, 0) is 25.5 Å². The molecule has 1 saturated heterocycles. The molecule has 0 radical (unpaired) electrons. The minimum atomic E-state index is -0.126. The van der Waals surface area contributed by atoms with E-state index in [0.29, 0.717) is 6.54 Å². The first-order valence-corrected chi connectivity index (χ1v) is 6.97. The maximum Gasteiger partial charge on any atom is 0.0610 e. The molecule has 3 N–H and O–H groups in total. The number of aliphatic hydroxyl groups excluding tert-OH is 1. The van der Waals surface area contributed by atoms with Gasteiger partial charge in [-0.15, -0.1) is 0 Å². The first-order valence-electron chi connectivity index (χ1n) is 6.97. The van der Waals surface area contributed by atoms with E-state index in [2.05, 4.69) is 41.8 Å². The van der Waals surface area contributed by atoms with E-state index in [1.54, 1.807) is 0 Å². The Morgan fingerprint density at radius 2 is 1.79 bits per heavy atom. The average molecular weight is 263 g/mol. The summed E-state index contributed by atoms with van der Waals surface area (Å²) in [5.41, 5.74) is 8.14. The molecular formula is C15H25N3O. The van der Waals surface area contributed by atoms with Gasteiger partial charge in [0.15, 0.2) is 0 Å². The van der Waals surface area contributed by atoms with Gasteiger partial charge in [-0.25, -0.2) is 0 Å². The summed E-state index contributed by atoms with van der Waals surface area (Å²) in [4.78, 5) is 4.75. The highest BCUT2D eigenvalue weighted by atomic mass is 16.3. The highest BCUT2D eigenvalue weighted by Gasteiger charge is 2.29. The van der Waals surface area contributed by atoms with Crippen LogP contribution in [0.25, 0.3) is 0 Å². The number of para-hydroxylation sites is 1. The monoisotopic (exact) mass is 263 g/mol. The number of benzene rings is 1. The summed E-state index contributed by atoms with van der Waals surface area (Å²) < 4.78 is 0. The zero-order valence-corrected chi connectivity index (χ0v) is 12.0. The molecule has 1 aromatic carbocycles. The van der Waals surface area contributed by atoms with Crippen LogP contribution in [0.15, 0.2) is 24.3 Å². The summed E-state index contributed by atoms with van der Waals surface area (Å²) in [7, 11) is 0. The molecule has 1 aromatic rings. The highest BCUT2D eigenvalue weighted by molar-refractivity contribution is 5.54. The Hall–Kier alpha value is -1.10. The molecule has 0 atom stereocenters. The SMILES string of the molecule is CC(C)(CO)N1CCN(c2ccccc2CN)CC1. The van der Waals surface area contributed by atoms with Crippen molar-refractivity contribution in [2.45, 2.75) is 25.9 Å². The van der Waals surface area contributed by atoms with E-state index in [1.165, 1.54) is 11.3 Å². The van der Waals surface area contributed by atoms with Gasteiger partial charge in [0.05, 0.1) is 6.61 Å². The molecule has 0 unspecified atom stereocenters. The second kappa shape index (κ2) is 5.90. The van der Waals surface area contributed by atoms with Crippen LogP contribution in [0.5, 0.6) is 0 Å². The summed E-state index contributed by atoms with van der Waals surface area (Å²) in [6.07, 6.45) is 0. The van der Waals surface area contributed by atoms with E-state index in [4.69, 9.17) is 5.73 Å². The van der Waals surface area contributed by atoms with Crippen molar-refractivity contribution < 1.29 is 5.11 Å². The largest absolute Gasteiger partial charge is 0.394 e. The number of piperazine rings is 1. The summed E-state index contributed by atoms with van der Waals surface area (Å²) >= 11 is 0. The van der Waals surface area contributed by atoms with Gasteiger partial charge >= 0.3 is 0 Å². The van der Waals surface area contributed by atoms with Crippen molar-refractivity contribution in [2.75, 3.05) is 37.7 Å². The highest BCUT2D eigenvalue weighted by Crippen LogP contribution is 2.23. The van der Waals surface area contributed by atoms with Gasteiger partial charge in [0, 0.05) is 44.0 Å². The third kappa shape index (κ3) is 3.08. The second-order valence-corrected chi connectivity index (χ2v) is 5.78. The molecule has 0 saturated carbocycles. The minimum absolute atomic E-state index is 0.126. The third-order valence-electron chi connectivity index (χ3n) is 4.07. The van der Waals surface area contributed by atoms with Gasteiger partial charge in [0.25, 0.3) is 0 Å². The Labute approximate surface area is 115 Å². The lowest BCUT2D eigenvalue weighted by Crippen LogP contribution is -2.56. The average Bonchev–Trinajstić information content (AvgIpc) is 2.47. The molecule has 1 heterocycles. The second-order valence-electron chi connectivity index (χ2n) is 5.78. The molecule has 0 bridgehead atoms. The summed E-state index contributed by atoms with van der Waals surface area (Å²) in [5.74, 6) is 0. The molecule has 2 rings (SSSR count). The molecule has 4 heteroatoms. The Morgan fingerprint density at radius 3 is 2.37 bits per heavy atom. The number of nitrogens with zero attached hydrogens (tertiary/aromatic N) is 2. The zero-order chi connectivity index (χ0) is 13.9. The molecule has 0 spiro atoms. The van der Waals surface area contributed by atoms with E-state index in [0.717, 1.165) is 26.2 Å². The zero-order valence-electron chi connectivity index (χ0n) is 12.0. The van der Waals surface area contributed by atoms with Crippen LogP contribution in [0.2, 0.25) is 0 Å². The fourth-order valence-electron chi connectivity index (χ4n) is 2.64. The van der Waals surface area contributed by atoms with E-state index in [-0.39, 0.29) is 12.1 Å². The number of anilines is 1. The van der Waals surface area contributed by atoms with E-state index < -0.39 is 0 Å². The number of hydrogen-bond acceptors (Lipinski definition) is 4. The molecule has 0 aromatic heterocycles. The van der Waals surface area contributed by atoms with Crippen LogP contribution in [-0.2, 0) is 6.54 Å². The third-order valence-corrected chi connectivity index (χ3v) is 4.07. The standard InChI is InChI=1S/C15H25N3O/c1-15(2,12-19)18-9-7-17(8-10-18)14-6-4-3-5-13(14)11-16/h3-6,19H,7-12,16H2,1-2H3. The number of nitrogens with two attached hydrogens (primary N) is 1. The molecular weight excluding hydrogens is 238 g/mol. The predicted octanol–water partition coefficient (Wildman–Crippen LogP) is 1.04. The van der Waals surface area contributed by atoms with Crippen LogP contribution in [0.4, 0.5) is 5.69 Å². The van der Waals surface area contributed by atoms with E-state index in [9.17, 15) is 5.11 Å². The summed E-state index contributed by atoms with van der Waals surface area (Å²) in [6, 6.07) is 8.35. The van der Waals surface area contributed by atoms with Crippen LogP contribution in [0.3, 0.4) is 0 Å². The van der Waals surface area contributed by atoms with Gasteiger partial charge < -0.3 is 15.7 Å². The van der Waals surface area contributed by atoms with Gasteiger partial charge in [-0.3, -0.25) is 4.90 Å².